The van der Waals surface area contributed by atoms with Gasteiger partial charge in [0, 0.05) is 43.3 Å². The summed E-state index contributed by atoms with van der Waals surface area (Å²) in [6, 6.07) is 2.86. The largest absolute Gasteiger partial charge is 0.463 e. The summed E-state index contributed by atoms with van der Waals surface area (Å²) in [7, 11) is 0. The van der Waals surface area contributed by atoms with Gasteiger partial charge in [0.15, 0.2) is 0 Å². The van der Waals surface area contributed by atoms with E-state index in [1.54, 1.807) is 11.8 Å². The average molecular weight is 451 g/mol. The third-order valence-corrected chi connectivity index (χ3v) is 5.82. The van der Waals surface area contributed by atoms with Crippen LogP contribution in [0.4, 0.5) is 9.59 Å². The lowest BCUT2D eigenvalue weighted by molar-refractivity contribution is -0.139. The van der Waals surface area contributed by atoms with Gasteiger partial charge in [-0.25, -0.2) is 14.4 Å². The van der Waals surface area contributed by atoms with Crippen molar-refractivity contribution in [3.63, 3.8) is 0 Å². The lowest BCUT2D eigenvalue weighted by Crippen LogP contribution is -2.53. The van der Waals surface area contributed by atoms with Crippen molar-refractivity contribution in [2.24, 2.45) is 0 Å². The molecule has 1 saturated heterocycles. The number of thiophene rings is 1. The van der Waals surface area contributed by atoms with Gasteiger partial charge < -0.3 is 25.0 Å². The zero-order valence-electron chi connectivity index (χ0n) is 18.4. The van der Waals surface area contributed by atoms with E-state index in [9.17, 15) is 14.4 Å². The molecule has 3 rings (SSSR count). The number of esters is 1. The standard InChI is InChI=1S/C21H30N4O5S/c1-5-29-18(26)16-14(22-19(27)23-17(16)15-7-6-12-31-15)13-24-8-10-25(11-9-24)20(28)30-21(2,3)4/h6-7,12,17H,5,8-11,13H2,1-4H3,(H2,22,23,27). The molecular formula is C21H30N4O5S. The molecule has 0 saturated carbocycles. The van der Waals surface area contributed by atoms with Crippen molar-refractivity contribution < 1.29 is 23.9 Å². The highest BCUT2D eigenvalue weighted by atomic mass is 32.1. The average Bonchev–Trinajstić information content (AvgIpc) is 3.21. The zero-order chi connectivity index (χ0) is 22.6. The topological polar surface area (TPSA) is 100 Å². The predicted molar refractivity (Wildman–Crippen MR) is 117 cm³/mol. The lowest BCUT2D eigenvalue weighted by Gasteiger charge is -2.37. The number of urea groups is 1. The summed E-state index contributed by atoms with van der Waals surface area (Å²) in [6.07, 6.45) is -0.327. The van der Waals surface area contributed by atoms with Crippen LogP contribution in [-0.4, -0.2) is 72.8 Å². The molecule has 1 aromatic rings. The molecule has 10 heteroatoms. The van der Waals surface area contributed by atoms with Gasteiger partial charge in [-0.1, -0.05) is 6.07 Å². The van der Waals surface area contributed by atoms with Gasteiger partial charge in [-0.05, 0) is 39.1 Å². The highest BCUT2D eigenvalue weighted by Gasteiger charge is 2.35. The quantitative estimate of drug-likeness (QED) is 0.669. The summed E-state index contributed by atoms with van der Waals surface area (Å²) >= 11 is 1.47. The van der Waals surface area contributed by atoms with Crippen LogP contribution in [0.1, 0.15) is 38.6 Å². The van der Waals surface area contributed by atoms with Crippen molar-refractivity contribution in [3.05, 3.63) is 33.7 Å². The highest BCUT2D eigenvalue weighted by Crippen LogP contribution is 2.31. The van der Waals surface area contributed by atoms with E-state index >= 15 is 0 Å². The molecule has 0 aromatic carbocycles. The molecule has 2 aliphatic rings. The Morgan fingerprint density at radius 2 is 1.94 bits per heavy atom. The number of carbonyl (C=O) groups is 3. The molecule has 170 valence electrons. The fourth-order valence-corrected chi connectivity index (χ4v) is 4.28. The maximum Gasteiger partial charge on any atom is 0.410 e. The molecule has 2 N–H and O–H groups in total. The molecule has 1 unspecified atom stereocenters. The van der Waals surface area contributed by atoms with Crippen LogP contribution < -0.4 is 10.6 Å². The van der Waals surface area contributed by atoms with Gasteiger partial charge >= 0.3 is 18.1 Å². The third-order valence-electron chi connectivity index (χ3n) is 4.88. The number of hydrogen-bond donors (Lipinski definition) is 2. The van der Waals surface area contributed by atoms with E-state index in [4.69, 9.17) is 9.47 Å². The number of amides is 3. The Hall–Kier alpha value is -2.59. The molecular weight excluding hydrogens is 420 g/mol. The van der Waals surface area contributed by atoms with E-state index in [1.807, 2.05) is 38.3 Å². The SMILES string of the molecule is CCOC(=O)C1=C(CN2CCN(C(=O)OC(C)(C)C)CC2)NC(=O)NC1c1cccs1. The van der Waals surface area contributed by atoms with Crippen molar-refractivity contribution in [1.29, 1.82) is 0 Å². The molecule has 3 heterocycles. The summed E-state index contributed by atoms with van der Waals surface area (Å²) in [5.74, 6) is -0.448. The van der Waals surface area contributed by atoms with E-state index in [2.05, 4.69) is 15.5 Å². The number of hydrogen-bond acceptors (Lipinski definition) is 7. The van der Waals surface area contributed by atoms with Crippen LogP contribution in [0.15, 0.2) is 28.8 Å². The van der Waals surface area contributed by atoms with Crippen LogP contribution >= 0.6 is 11.3 Å². The maximum absolute atomic E-state index is 12.8. The van der Waals surface area contributed by atoms with E-state index in [-0.39, 0.29) is 18.7 Å². The Kier molecular flexibility index (Phi) is 7.22. The molecule has 1 atom stereocenters. The monoisotopic (exact) mass is 450 g/mol. The van der Waals surface area contributed by atoms with Gasteiger partial charge in [-0.3, -0.25) is 4.90 Å². The lowest BCUT2D eigenvalue weighted by atomic mass is 10.0. The second kappa shape index (κ2) is 9.69. The number of ether oxygens (including phenoxy) is 2. The van der Waals surface area contributed by atoms with Crippen LogP contribution in [0, 0.1) is 0 Å². The number of nitrogens with zero attached hydrogens (tertiary/aromatic N) is 2. The summed E-state index contributed by atoms with van der Waals surface area (Å²) in [5, 5.41) is 7.53. The minimum Gasteiger partial charge on any atom is -0.463 e. The van der Waals surface area contributed by atoms with Gasteiger partial charge in [0.25, 0.3) is 0 Å². The van der Waals surface area contributed by atoms with E-state index < -0.39 is 17.6 Å². The summed E-state index contributed by atoms with van der Waals surface area (Å²) in [5.41, 5.74) is 0.411. The first kappa shape index (κ1) is 23.1. The smallest absolute Gasteiger partial charge is 0.410 e. The van der Waals surface area contributed by atoms with Crippen molar-refractivity contribution in [1.82, 2.24) is 20.4 Å². The number of carbonyl (C=O) groups excluding carboxylic acids is 3. The number of piperazine rings is 1. The molecule has 3 amide bonds. The first-order valence-corrected chi connectivity index (χ1v) is 11.3. The van der Waals surface area contributed by atoms with Crippen molar-refractivity contribution in [3.8, 4) is 0 Å². The molecule has 1 fully saturated rings. The molecule has 9 nitrogen and oxygen atoms in total. The van der Waals surface area contributed by atoms with Gasteiger partial charge in [0.2, 0.25) is 0 Å². The van der Waals surface area contributed by atoms with Crippen molar-refractivity contribution >= 4 is 29.4 Å². The van der Waals surface area contributed by atoms with E-state index in [0.29, 0.717) is 44.0 Å². The normalized spacial score (nSPS) is 20.2. The minimum atomic E-state index is -0.550. The molecule has 1 aromatic heterocycles. The van der Waals surface area contributed by atoms with Crippen LogP contribution in [0.5, 0.6) is 0 Å². The van der Waals surface area contributed by atoms with Gasteiger partial charge in [0.05, 0.1) is 18.2 Å². The Balaban J connectivity index is 1.74. The van der Waals surface area contributed by atoms with Gasteiger partial charge in [0.1, 0.15) is 5.60 Å². The number of nitrogens with one attached hydrogen (secondary N) is 2. The van der Waals surface area contributed by atoms with Gasteiger partial charge in [-0.2, -0.15) is 0 Å². The van der Waals surface area contributed by atoms with Gasteiger partial charge in [-0.15, -0.1) is 11.3 Å². The van der Waals surface area contributed by atoms with E-state index in [0.717, 1.165) is 4.88 Å². The van der Waals surface area contributed by atoms with Crippen LogP contribution in [-0.2, 0) is 14.3 Å². The molecule has 0 radical (unpaired) electrons. The Morgan fingerprint density at radius 3 is 2.52 bits per heavy atom. The van der Waals surface area contributed by atoms with Crippen molar-refractivity contribution in [2.75, 3.05) is 39.3 Å². The zero-order valence-corrected chi connectivity index (χ0v) is 19.2. The maximum atomic E-state index is 12.8. The summed E-state index contributed by atoms with van der Waals surface area (Å²) < 4.78 is 10.7. The van der Waals surface area contributed by atoms with Crippen LogP contribution in [0.25, 0.3) is 0 Å². The summed E-state index contributed by atoms with van der Waals surface area (Å²) in [4.78, 5) is 42.1. The second-order valence-electron chi connectivity index (χ2n) is 8.40. The molecule has 0 spiro atoms. The molecule has 2 aliphatic heterocycles. The van der Waals surface area contributed by atoms with Crippen LogP contribution in [0.3, 0.4) is 0 Å². The van der Waals surface area contributed by atoms with Crippen molar-refractivity contribution in [2.45, 2.75) is 39.3 Å². The first-order valence-electron chi connectivity index (χ1n) is 10.4. The summed E-state index contributed by atoms with van der Waals surface area (Å²) in [6.45, 7) is 10.1. The highest BCUT2D eigenvalue weighted by molar-refractivity contribution is 7.10. The predicted octanol–water partition coefficient (Wildman–Crippen LogP) is 2.47. The Morgan fingerprint density at radius 1 is 1.23 bits per heavy atom. The third kappa shape index (κ3) is 5.98. The minimum absolute atomic E-state index is 0.245. The molecule has 31 heavy (non-hydrogen) atoms. The first-order chi connectivity index (χ1) is 14.7. The Bertz CT molecular complexity index is 838. The molecule has 0 aliphatic carbocycles. The fraction of sp³-hybridized carbons (Fsp3) is 0.571. The van der Waals surface area contributed by atoms with Crippen LogP contribution in [0.2, 0.25) is 0 Å². The fourth-order valence-electron chi connectivity index (χ4n) is 3.50. The Labute approximate surface area is 186 Å². The molecule has 0 bridgehead atoms. The second-order valence-corrected chi connectivity index (χ2v) is 9.38. The number of rotatable bonds is 5. The van der Waals surface area contributed by atoms with E-state index in [1.165, 1.54) is 11.3 Å².